The molecule has 0 aliphatic rings. The summed E-state index contributed by atoms with van der Waals surface area (Å²) in [6, 6.07) is 0. The van der Waals surface area contributed by atoms with Gasteiger partial charge in [-0.05, 0) is 20.9 Å². The van der Waals surface area contributed by atoms with E-state index in [0.717, 1.165) is 0 Å². The monoisotopic (exact) mass is 224 g/mol. The molecule has 0 spiro atoms. The van der Waals surface area contributed by atoms with Crippen LogP contribution in [-0.2, 0) is 9.53 Å². The number of carbonyl (C=O) groups is 1. The van der Waals surface area contributed by atoms with Crippen molar-refractivity contribution in [2.24, 2.45) is 0 Å². The highest BCUT2D eigenvalue weighted by Crippen LogP contribution is 1.99. The van der Waals surface area contributed by atoms with Crippen LogP contribution in [0.4, 0.5) is 8.78 Å². The molecule has 0 aliphatic carbocycles. The van der Waals surface area contributed by atoms with Gasteiger partial charge in [0.1, 0.15) is 6.61 Å². The Morgan fingerprint density at radius 2 is 2.07 bits per heavy atom. The van der Waals surface area contributed by atoms with Crippen molar-refractivity contribution in [3.05, 3.63) is 0 Å². The molecule has 0 fully saturated rings. The molecule has 0 unspecified atom stereocenters. The Bertz CT molecular complexity index is 199. The van der Waals surface area contributed by atoms with Crippen LogP contribution in [0.15, 0.2) is 0 Å². The lowest BCUT2D eigenvalue weighted by molar-refractivity contribution is -0.126. The van der Waals surface area contributed by atoms with Gasteiger partial charge in [0.2, 0.25) is 5.91 Å². The number of rotatable bonds is 7. The van der Waals surface area contributed by atoms with E-state index in [1.807, 2.05) is 0 Å². The molecule has 0 bridgehead atoms. The van der Waals surface area contributed by atoms with Crippen molar-refractivity contribution in [1.29, 1.82) is 0 Å². The summed E-state index contributed by atoms with van der Waals surface area (Å²) < 4.78 is 27.9. The molecular weight excluding hydrogens is 206 g/mol. The van der Waals surface area contributed by atoms with Crippen LogP contribution in [0.3, 0.4) is 0 Å². The minimum absolute atomic E-state index is 0.0931. The maximum absolute atomic E-state index is 11.6. The SMILES string of the molecule is CNC(C)(C)C(=O)NCCOCC(F)F. The number of nitrogens with one attached hydrogen (secondary N) is 2. The number of carbonyl (C=O) groups excluding carboxylic acids is 1. The molecule has 1 amide bonds. The molecule has 6 heteroatoms. The molecular formula is C9H18F2N2O2. The van der Waals surface area contributed by atoms with Crippen molar-refractivity contribution in [2.75, 3.05) is 26.8 Å². The lowest BCUT2D eigenvalue weighted by Gasteiger charge is -2.22. The Morgan fingerprint density at radius 1 is 1.47 bits per heavy atom. The largest absolute Gasteiger partial charge is 0.374 e. The molecule has 15 heavy (non-hydrogen) atoms. The van der Waals surface area contributed by atoms with Crippen molar-refractivity contribution in [3.8, 4) is 0 Å². The summed E-state index contributed by atoms with van der Waals surface area (Å²) in [5, 5.41) is 5.40. The van der Waals surface area contributed by atoms with Crippen LogP contribution in [0.1, 0.15) is 13.8 Å². The van der Waals surface area contributed by atoms with Crippen LogP contribution in [0, 0.1) is 0 Å². The lowest BCUT2D eigenvalue weighted by Crippen LogP contribution is -2.51. The van der Waals surface area contributed by atoms with Gasteiger partial charge in [-0.2, -0.15) is 0 Å². The molecule has 0 heterocycles. The number of halogens is 2. The zero-order valence-corrected chi connectivity index (χ0v) is 9.27. The maximum Gasteiger partial charge on any atom is 0.261 e. The number of likely N-dealkylation sites (N-methyl/N-ethyl adjacent to an activating group) is 1. The van der Waals surface area contributed by atoms with Crippen LogP contribution in [-0.4, -0.2) is 44.7 Å². The number of amides is 1. The van der Waals surface area contributed by atoms with Crippen LogP contribution in [0.25, 0.3) is 0 Å². The number of hydrogen-bond donors (Lipinski definition) is 2. The molecule has 4 nitrogen and oxygen atoms in total. The molecule has 0 atom stereocenters. The van der Waals surface area contributed by atoms with E-state index < -0.39 is 18.6 Å². The highest BCUT2D eigenvalue weighted by atomic mass is 19.3. The summed E-state index contributed by atoms with van der Waals surface area (Å²) in [7, 11) is 1.67. The average molecular weight is 224 g/mol. The van der Waals surface area contributed by atoms with Crippen molar-refractivity contribution in [2.45, 2.75) is 25.8 Å². The fourth-order valence-electron chi connectivity index (χ4n) is 0.744. The summed E-state index contributed by atoms with van der Waals surface area (Å²) in [5.74, 6) is -0.189. The predicted octanol–water partition coefficient (Wildman–Crippen LogP) is 0.382. The first-order chi connectivity index (χ1) is 6.90. The van der Waals surface area contributed by atoms with E-state index in [1.54, 1.807) is 20.9 Å². The van der Waals surface area contributed by atoms with E-state index in [1.165, 1.54) is 0 Å². The van der Waals surface area contributed by atoms with Crippen LogP contribution in [0.5, 0.6) is 0 Å². The molecule has 90 valence electrons. The zero-order valence-electron chi connectivity index (χ0n) is 9.27. The van der Waals surface area contributed by atoms with Gasteiger partial charge in [-0.3, -0.25) is 4.79 Å². The molecule has 2 N–H and O–H groups in total. The normalized spacial score (nSPS) is 11.9. The van der Waals surface area contributed by atoms with Gasteiger partial charge in [0, 0.05) is 6.54 Å². The Labute approximate surface area is 88.4 Å². The highest BCUT2D eigenvalue weighted by molar-refractivity contribution is 5.85. The van der Waals surface area contributed by atoms with Gasteiger partial charge in [-0.25, -0.2) is 8.78 Å². The highest BCUT2D eigenvalue weighted by Gasteiger charge is 2.24. The first kappa shape index (κ1) is 14.2. The van der Waals surface area contributed by atoms with E-state index in [0.29, 0.717) is 0 Å². The molecule has 0 aliphatic heterocycles. The molecule has 0 radical (unpaired) electrons. The van der Waals surface area contributed by atoms with Gasteiger partial charge in [-0.1, -0.05) is 0 Å². The predicted molar refractivity (Wildman–Crippen MR) is 53.0 cm³/mol. The Balaban J connectivity index is 3.56. The van der Waals surface area contributed by atoms with Crippen molar-refractivity contribution >= 4 is 5.91 Å². The van der Waals surface area contributed by atoms with Gasteiger partial charge in [0.25, 0.3) is 6.43 Å². The number of alkyl halides is 2. The molecule has 0 aromatic heterocycles. The van der Waals surface area contributed by atoms with Crippen LogP contribution in [0.2, 0.25) is 0 Å². The van der Waals surface area contributed by atoms with E-state index in [4.69, 9.17) is 0 Å². The maximum atomic E-state index is 11.6. The molecule has 0 aromatic carbocycles. The van der Waals surface area contributed by atoms with Gasteiger partial charge < -0.3 is 15.4 Å². The fourth-order valence-corrected chi connectivity index (χ4v) is 0.744. The van der Waals surface area contributed by atoms with Crippen molar-refractivity contribution in [1.82, 2.24) is 10.6 Å². The summed E-state index contributed by atoms with van der Waals surface area (Å²) in [4.78, 5) is 11.4. The first-order valence-corrected chi connectivity index (χ1v) is 4.73. The lowest BCUT2D eigenvalue weighted by atomic mass is 10.1. The third kappa shape index (κ3) is 6.35. The minimum Gasteiger partial charge on any atom is -0.374 e. The second-order valence-corrected chi connectivity index (χ2v) is 3.60. The second-order valence-electron chi connectivity index (χ2n) is 3.60. The van der Waals surface area contributed by atoms with E-state index >= 15 is 0 Å². The average Bonchev–Trinajstić information content (AvgIpc) is 2.16. The van der Waals surface area contributed by atoms with Crippen LogP contribution >= 0.6 is 0 Å². The standard InChI is InChI=1S/C9H18F2N2O2/c1-9(2,12-3)8(14)13-4-5-15-6-7(10)11/h7,12H,4-6H2,1-3H3,(H,13,14). The Morgan fingerprint density at radius 3 is 2.53 bits per heavy atom. The third-order valence-corrected chi connectivity index (χ3v) is 1.97. The topological polar surface area (TPSA) is 50.4 Å². The summed E-state index contributed by atoms with van der Waals surface area (Å²) in [6.07, 6.45) is -2.46. The van der Waals surface area contributed by atoms with E-state index in [9.17, 15) is 13.6 Å². The summed E-state index contributed by atoms with van der Waals surface area (Å²) in [5.41, 5.74) is -0.664. The fraction of sp³-hybridized carbons (Fsp3) is 0.889. The summed E-state index contributed by atoms with van der Waals surface area (Å²) in [6.45, 7) is 3.18. The third-order valence-electron chi connectivity index (χ3n) is 1.97. The van der Waals surface area contributed by atoms with Gasteiger partial charge in [-0.15, -0.1) is 0 Å². The second kappa shape index (κ2) is 6.68. The zero-order chi connectivity index (χ0) is 11.9. The van der Waals surface area contributed by atoms with Crippen molar-refractivity contribution < 1.29 is 18.3 Å². The number of ether oxygens (including phenoxy) is 1. The molecule has 0 aromatic rings. The molecule has 0 saturated heterocycles. The van der Waals surface area contributed by atoms with Crippen LogP contribution < -0.4 is 10.6 Å². The van der Waals surface area contributed by atoms with E-state index in [2.05, 4.69) is 15.4 Å². The Kier molecular flexibility index (Phi) is 6.35. The van der Waals surface area contributed by atoms with Gasteiger partial charge >= 0.3 is 0 Å². The van der Waals surface area contributed by atoms with Crippen molar-refractivity contribution in [3.63, 3.8) is 0 Å². The van der Waals surface area contributed by atoms with E-state index in [-0.39, 0.29) is 19.1 Å². The molecule has 0 rings (SSSR count). The van der Waals surface area contributed by atoms with Gasteiger partial charge in [0.15, 0.2) is 0 Å². The Hall–Kier alpha value is -0.750. The quantitative estimate of drug-likeness (QED) is 0.615. The number of hydrogen-bond acceptors (Lipinski definition) is 3. The minimum atomic E-state index is -2.46. The van der Waals surface area contributed by atoms with Gasteiger partial charge in [0.05, 0.1) is 12.1 Å². The smallest absolute Gasteiger partial charge is 0.261 e. The molecule has 0 saturated carbocycles. The summed E-state index contributed by atoms with van der Waals surface area (Å²) >= 11 is 0. The first-order valence-electron chi connectivity index (χ1n) is 4.73.